The van der Waals surface area contributed by atoms with Crippen molar-refractivity contribution in [2.24, 2.45) is 0 Å². The SMILES string of the molecule is COc1ccc(OC)c(NC(=O)c2cc(C(=O)N3CCOCC3)ccn2)c1. The van der Waals surface area contributed by atoms with Crippen LogP contribution in [0.2, 0.25) is 0 Å². The number of hydrogen-bond acceptors (Lipinski definition) is 6. The van der Waals surface area contributed by atoms with Crippen LogP contribution < -0.4 is 14.8 Å². The molecule has 1 aromatic heterocycles. The van der Waals surface area contributed by atoms with E-state index in [1.54, 1.807) is 29.2 Å². The van der Waals surface area contributed by atoms with Crippen LogP contribution in [0.4, 0.5) is 5.69 Å². The molecule has 0 atom stereocenters. The second-order valence-electron chi connectivity index (χ2n) is 5.85. The lowest BCUT2D eigenvalue weighted by atomic mass is 10.2. The number of pyridine rings is 1. The van der Waals surface area contributed by atoms with Crippen molar-refractivity contribution in [1.82, 2.24) is 9.88 Å². The van der Waals surface area contributed by atoms with Gasteiger partial charge in [0.15, 0.2) is 0 Å². The zero-order chi connectivity index (χ0) is 19.2. The minimum atomic E-state index is -0.446. The Labute approximate surface area is 157 Å². The molecule has 1 N–H and O–H groups in total. The van der Waals surface area contributed by atoms with Crippen molar-refractivity contribution in [3.63, 3.8) is 0 Å². The predicted molar refractivity (Wildman–Crippen MR) is 98.5 cm³/mol. The van der Waals surface area contributed by atoms with Gasteiger partial charge in [-0.25, -0.2) is 0 Å². The summed E-state index contributed by atoms with van der Waals surface area (Å²) >= 11 is 0. The number of methoxy groups -OCH3 is 2. The van der Waals surface area contributed by atoms with E-state index in [1.165, 1.54) is 26.5 Å². The average Bonchev–Trinajstić information content (AvgIpc) is 2.73. The van der Waals surface area contributed by atoms with E-state index in [2.05, 4.69) is 10.3 Å². The zero-order valence-corrected chi connectivity index (χ0v) is 15.2. The smallest absolute Gasteiger partial charge is 0.274 e. The molecule has 0 aliphatic carbocycles. The molecule has 1 aliphatic rings. The maximum atomic E-state index is 12.6. The van der Waals surface area contributed by atoms with Crippen LogP contribution in [0.1, 0.15) is 20.8 Å². The first-order chi connectivity index (χ1) is 13.1. The van der Waals surface area contributed by atoms with E-state index in [-0.39, 0.29) is 11.6 Å². The number of aromatic nitrogens is 1. The van der Waals surface area contributed by atoms with Crippen LogP contribution in [0.25, 0.3) is 0 Å². The molecule has 2 heterocycles. The molecule has 1 aromatic carbocycles. The number of amides is 2. The molecule has 8 nitrogen and oxygen atoms in total. The summed E-state index contributed by atoms with van der Waals surface area (Å²) < 4.78 is 15.7. The first-order valence-electron chi connectivity index (χ1n) is 8.49. The summed E-state index contributed by atoms with van der Waals surface area (Å²) in [6, 6.07) is 8.16. The summed E-state index contributed by atoms with van der Waals surface area (Å²) in [5, 5.41) is 2.75. The van der Waals surface area contributed by atoms with Crippen molar-refractivity contribution in [2.45, 2.75) is 0 Å². The van der Waals surface area contributed by atoms with Gasteiger partial charge < -0.3 is 24.4 Å². The largest absolute Gasteiger partial charge is 0.497 e. The third kappa shape index (κ3) is 4.35. The fourth-order valence-electron chi connectivity index (χ4n) is 2.73. The number of benzene rings is 1. The van der Waals surface area contributed by atoms with Gasteiger partial charge in [-0.2, -0.15) is 0 Å². The minimum Gasteiger partial charge on any atom is -0.497 e. The van der Waals surface area contributed by atoms with E-state index in [1.807, 2.05) is 0 Å². The Kier molecular flexibility index (Phi) is 5.87. The van der Waals surface area contributed by atoms with Crippen LogP contribution in [-0.2, 0) is 4.74 Å². The molecule has 0 bridgehead atoms. The summed E-state index contributed by atoms with van der Waals surface area (Å²) in [7, 11) is 3.05. The second-order valence-corrected chi connectivity index (χ2v) is 5.85. The number of hydrogen-bond donors (Lipinski definition) is 1. The molecule has 0 spiro atoms. The topological polar surface area (TPSA) is 90.0 Å². The van der Waals surface area contributed by atoms with Crippen molar-refractivity contribution >= 4 is 17.5 Å². The Morgan fingerprint density at radius 1 is 1.11 bits per heavy atom. The van der Waals surface area contributed by atoms with E-state index < -0.39 is 5.91 Å². The van der Waals surface area contributed by atoms with Gasteiger partial charge in [-0.15, -0.1) is 0 Å². The highest BCUT2D eigenvalue weighted by molar-refractivity contribution is 6.05. The molecule has 1 saturated heterocycles. The lowest BCUT2D eigenvalue weighted by molar-refractivity contribution is 0.0303. The van der Waals surface area contributed by atoms with Gasteiger partial charge in [-0.1, -0.05) is 0 Å². The van der Waals surface area contributed by atoms with Crippen molar-refractivity contribution < 1.29 is 23.8 Å². The fraction of sp³-hybridized carbons (Fsp3) is 0.316. The molecule has 0 unspecified atom stereocenters. The van der Waals surface area contributed by atoms with Crippen LogP contribution in [0, 0.1) is 0 Å². The van der Waals surface area contributed by atoms with Gasteiger partial charge in [0.25, 0.3) is 11.8 Å². The van der Waals surface area contributed by atoms with E-state index >= 15 is 0 Å². The maximum Gasteiger partial charge on any atom is 0.274 e. The Balaban J connectivity index is 1.78. The highest BCUT2D eigenvalue weighted by Gasteiger charge is 2.20. The highest BCUT2D eigenvalue weighted by atomic mass is 16.5. The van der Waals surface area contributed by atoms with Crippen LogP contribution in [0.15, 0.2) is 36.5 Å². The lowest BCUT2D eigenvalue weighted by Crippen LogP contribution is -2.40. The molecule has 142 valence electrons. The number of anilines is 1. The number of nitrogens with zero attached hydrogens (tertiary/aromatic N) is 2. The third-order valence-corrected chi connectivity index (χ3v) is 4.19. The molecule has 8 heteroatoms. The van der Waals surface area contributed by atoms with Gasteiger partial charge in [0.05, 0.1) is 33.1 Å². The molecular formula is C19H21N3O5. The van der Waals surface area contributed by atoms with Gasteiger partial charge in [-0.05, 0) is 24.3 Å². The summed E-state index contributed by atoms with van der Waals surface area (Å²) in [6.07, 6.45) is 1.45. The zero-order valence-electron chi connectivity index (χ0n) is 15.2. The quantitative estimate of drug-likeness (QED) is 0.862. The van der Waals surface area contributed by atoms with Crippen LogP contribution in [-0.4, -0.2) is 62.2 Å². The molecular weight excluding hydrogens is 350 g/mol. The molecule has 1 aliphatic heterocycles. The van der Waals surface area contributed by atoms with E-state index in [9.17, 15) is 9.59 Å². The number of carbonyl (C=O) groups excluding carboxylic acids is 2. The standard InChI is InChI=1S/C19H21N3O5/c1-25-14-3-4-17(26-2)15(12-14)21-18(23)16-11-13(5-6-20-16)19(24)22-7-9-27-10-8-22/h3-6,11-12H,7-10H2,1-2H3,(H,21,23). The minimum absolute atomic E-state index is 0.138. The number of ether oxygens (including phenoxy) is 3. The summed E-state index contributed by atoms with van der Waals surface area (Å²) in [6.45, 7) is 2.09. The summed E-state index contributed by atoms with van der Waals surface area (Å²) in [5.41, 5.74) is 1.00. The van der Waals surface area contributed by atoms with Gasteiger partial charge in [0.1, 0.15) is 17.2 Å². The monoisotopic (exact) mass is 371 g/mol. The van der Waals surface area contributed by atoms with Gasteiger partial charge in [0, 0.05) is 30.9 Å². The fourth-order valence-corrected chi connectivity index (χ4v) is 2.73. The maximum absolute atomic E-state index is 12.6. The summed E-state index contributed by atoms with van der Waals surface area (Å²) in [4.78, 5) is 31.0. The second kappa shape index (κ2) is 8.50. The molecule has 2 aromatic rings. The number of carbonyl (C=O) groups is 2. The number of rotatable bonds is 5. The molecule has 0 radical (unpaired) electrons. The van der Waals surface area contributed by atoms with Gasteiger partial charge in [-0.3, -0.25) is 14.6 Å². The van der Waals surface area contributed by atoms with E-state index in [0.29, 0.717) is 49.1 Å². The van der Waals surface area contributed by atoms with Crippen LogP contribution >= 0.6 is 0 Å². The third-order valence-electron chi connectivity index (χ3n) is 4.19. The average molecular weight is 371 g/mol. The normalized spacial score (nSPS) is 13.8. The van der Waals surface area contributed by atoms with Gasteiger partial charge >= 0.3 is 0 Å². The molecule has 1 fully saturated rings. The van der Waals surface area contributed by atoms with E-state index in [4.69, 9.17) is 14.2 Å². The first-order valence-corrected chi connectivity index (χ1v) is 8.49. The lowest BCUT2D eigenvalue weighted by Gasteiger charge is -2.26. The first kappa shape index (κ1) is 18.7. The Morgan fingerprint density at radius 2 is 1.89 bits per heavy atom. The van der Waals surface area contributed by atoms with E-state index in [0.717, 1.165) is 0 Å². The molecule has 3 rings (SSSR count). The molecule has 2 amide bonds. The van der Waals surface area contributed by atoms with Crippen LogP contribution in [0.5, 0.6) is 11.5 Å². The summed E-state index contributed by atoms with van der Waals surface area (Å²) in [5.74, 6) is 0.479. The molecule has 27 heavy (non-hydrogen) atoms. The highest BCUT2D eigenvalue weighted by Crippen LogP contribution is 2.29. The number of morpholine rings is 1. The van der Waals surface area contributed by atoms with Crippen molar-refractivity contribution in [2.75, 3.05) is 45.8 Å². The molecule has 0 saturated carbocycles. The van der Waals surface area contributed by atoms with Crippen molar-refractivity contribution in [3.05, 3.63) is 47.8 Å². The van der Waals surface area contributed by atoms with Crippen LogP contribution in [0.3, 0.4) is 0 Å². The number of nitrogens with one attached hydrogen (secondary N) is 1. The Morgan fingerprint density at radius 3 is 2.59 bits per heavy atom. The Bertz CT molecular complexity index is 834. The predicted octanol–water partition coefficient (Wildman–Crippen LogP) is 1.82. The van der Waals surface area contributed by atoms with Crippen molar-refractivity contribution in [1.29, 1.82) is 0 Å². The van der Waals surface area contributed by atoms with Gasteiger partial charge in [0.2, 0.25) is 0 Å². The van der Waals surface area contributed by atoms with Crippen molar-refractivity contribution in [3.8, 4) is 11.5 Å². The Hall–Kier alpha value is -3.13.